The van der Waals surface area contributed by atoms with Gasteiger partial charge in [0.1, 0.15) is 5.75 Å². The maximum atomic E-state index is 10.9. The molecule has 1 aromatic rings. The Morgan fingerprint density at radius 2 is 1.65 bits per heavy atom. The molecular formula is C26H46N2O3. The lowest BCUT2D eigenvalue weighted by molar-refractivity contribution is -0.0807. The zero-order valence-electron chi connectivity index (χ0n) is 20.5. The van der Waals surface area contributed by atoms with E-state index in [-0.39, 0.29) is 0 Å². The third-order valence-electron chi connectivity index (χ3n) is 6.81. The minimum absolute atomic E-state index is 0.525. The molecule has 1 fully saturated rings. The molecule has 3 unspecified atom stereocenters. The predicted octanol–water partition coefficient (Wildman–Crippen LogP) is 4.56. The van der Waals surface area contributed by atoms with Crippen LogP contribution in [0.4, 0.5) is 5.69 Å². The molecule has 0 bridgehead atoms. The summed E-state index contributed by atoms with van der Waals surface area (Å²) in [7, 11) is 1.71. The van der Waals surface area contributed by atoms with Crippen molar-refractivity contribution < 1.29 is 14.9 Å². The molecule has 1 aliphatic rings. The first-order valence-electron chi connectivity index (χ1n) is 12.2. The Kier molecular flexibility index (Phi) is 10.6. The molecule has 2 N–H and O–H groups in total. The summed E-state index contributed by atoms with van der Waals surface area (Å²) in [4.78, 5) is 4.60. The van der Waals surface area contributed by atoms with E-state index in [0.29, 0.717) is 18.9 Å². The van der Waals surface area contributed by atoms with E-state index >= 15 is 0 Å². The Labute approximate surface area is 190 Å². The highest BCUT2D eigenvalue weighted by Gasteiger charge is 2.32. The molecule has 1 aromatic carbocycles. The summed E-state index contributed by atoms with van der Waals surface area (Å²) < 4.78 is 5.49. The molecule has 0 aliphatic carbocycles. The van der Waals surface area contributed by atoms with Gasteiger partial charge in [-0.2, -0.15) is 0 Å². The van der Waals surface area contributed by atoms with E-state index < -0.39 is 11.7 Å². The predicted molar refractivity (Wildman–Crippen MR) is 130 cm³/mol. The summed E-state index contributed by atoms with van der Waals surface area (Å²) in [6, 6.07) is 8.12. The second kappa shape index (κ2) is 12.7. The van der Waals surface area contributed by atoms with Gasteiger partial charge in [0.05, 0.1) is 24.5 Å². The van der Waals surface area contributed by atoms with Crippen molar-refractivity contribution >= 4 is 5.69 Å². The van der Waals surface area contributed by atoms with Gasteiger partial charge in [-0.25, -0.2) is 0 Å². The highest BCUT2D eigenvalue weighted by Crippen LogP contribution is 2.29. The van der Waals surface area contributed by atoms with Crippen LogP contribution in [0.1, 0.15) is 66.2 Å². The van der Waals surface area contributed by atoms with Gasteiger partial charge in [-0.3, -0.25) is 4.90 Å². The molecule has 0 saturated carbocycles. The molecule has 5 nitrogen and oxygen atoms in total. The van der Waals surface area contributed by atoms with E-state index in [4.69, 9.17) is 4.74 Å². The molecule has 2 rings (SSSR count). The zero-order valence-corrected chi connectivity index (χ0v) is 20.5. The van der Waals surface area contributed by atoms with Crippen molar-refractivity contribution in [2.75, 3.05) is 44.7 Å². The van der Waals surface area contributed by atoms with Gasteiger partial charge < -0.3 is 19.8 Å². The normalized spacial score (nSPS) is 19.3. The van der Waals surface area contributed by atoms with Gasteiger partial charge in [-0.1, -0.05) is 65.0 Å². The van der Waals surface area contributed by atoms with E-state index in [1.54, 1.807) is 14.0 Å². The van der Waals surface area contributed by atoms with Crippen LogP contribution >= 0.6 is 0 Å². The van der Waals surface area contributed by atoms with Crippen molar-refractivity contribution in [3.8, 4) is 5.75 Å². The average Bonchev–Trinajstić information content (AvgIpc) is 2.74. The van der Waals surface area contributed by atoms with Crippen LogP contribution in [0.25, 0.3) is 0 Å². The Bertz CT molecular complexity index is 627. The van der Waals surface area contributed by atoms with Gasteiger partial charge in [0.2, 0.25) is 0 Å². The average molecular weight is 435 g/mol. The molecule has 0 spiro atoms. The number of ether oxygens (including phenoxy) is 1. The lowest BCUT2D eigenvalue weighted by atomic mass is 9.88. The van der Waals surface area contributed by atoms with Crippen LogP contribution in [-0.4, -0.2) is 66.7 Å². The van der Waals surface area contributed by atoms with Gasteiger partial charge in [-0.15, -0.1) is 0 Å². The van der Waals surface area contributed by atoms with Crippen LogP contribution in [0.15, 0.2) is 24.3 Å². The quantitative estimate of drug-likeness (QED) is 0.477. The molecule has 0 aromatic heterocycles. The number of hydrogen-bond acceptors (Lipinski definition) is 5. The monoisotopic (exact) mass is 434 g/mol. The van der Waals surface area contributed by atoms with E-state index in [0.717, 1.165) is 56.4 Å². The van der Waals surface area contributed by atoms with Gasteiger partial charge in [0.15, 0.2) is 0 Å². The third-order valence-corrected chi connectivity index (χ3v) is 6.81. The fourth-order valence-electron chi connectivity index (χ4n) is 4.50. The minimum atomic E-state index is -1.03. The van der Waals surface area contributed by atoms with E-state index in [1.807, 2.05) is 18.2 Å². The fourth-order valence-corrected chi connectivity index (χ4v) is 4.50. The van der Waals surface area contributed by atoms with Gasteiger partial charge in [-0.05, 0) is 37.3 Å². The number of piperazine rings is 1. The SMILES string of the molecule is COc1ccccc1N1CCN(CC(O)C(C)(O)CCCC(C)CCCC(C)C)CC1. The largest absolute Gasteiger partial charge is 0.495 e. The summed E-state index contributed by atoms with van der Waals surface area (Å²) in [5.74, 6) is 2.37. The Balaban J connectivity index is 1.71. The Hall–Kier alpha value is -1.30. The van der Waals surface area contributed by atoms with Crippen molar-refractivity contribution in [3.05, 3.63) is 24.3 Å². The number of aliphatic hydroxyl groups is 2. The van der Waals surface area contributed by atoms with E-state index in [9.17, 15) is 10.2 Å². The number of β-amino-alcohol motifs (C(OH)–C–C–N with tert-alkyl or cyclic N) is 1. The van der Waals surface area contributed by atoms with Gasteiger partial charge >= 0.3 is 0 Å². The summed E-state index contributed by atoms with van der Waals surface area (Å²) >= 11 is 0. The maximum absolute atomic E-state index is 10.9. The highest BCUT2D eigenvalue weighted by atomic mass is 16.5. The molecule has 0 radical (unpaired) electrons. The number of para-hydroxylation sites is 2. The van der Waals surface area contributed by atoms with Crippen molar-refractivity contribution in [1.29, 1.82) is 0 Å². The van der Waals surface area contributed by atoms with Crippen molar-refractivity contribution in [2.24, 2.45) is 11.8 Å². The Morgan fingerprint density at radius 1 is 1.00 bits per heavy atom. The van der Waals surface area contributed by atoms with Crippen LogP contribution < -0.4 is 9.64 Å². The van der Waals surface area contributed by atoms with Gasteiger partial charge in [0.25, 0.3) is 0 Å². The van der Waals surface area contributed by atoms with Crippen LogP contribution in [0.2, 0.25) is 0 Å². The molecule has 0 amide bonds. The van der Waals surface area contributed by atoms with E-state index in [2.05, 4.69) is 36.6 Å². The number of methoxy groups -OCH3 is 1. The summed E-state index contributed by atoms with van der Waals surface area (Å²) in [5, 5.41) is 21.6. The highest BCUT2D eigenvalue weighted by molar-refractivity contribution is 5.58. The standard InChI is InChI=1S/C26H46N2O3/c1-21(2)10-8-11-22(3)12-9-15-26(4,30)25(29)20-27-16-18-28(19-17-27)23-13-6-7-14-24(23)31-5/h6-7,13-14,21-22,25,29-30H,8-12,15-20H2,1-5H3. The third kappa shape index (κ3) is 8.63. The lowest BCUT2D eigenvalue weighted by Gasteiger charge is -2.39. The number of hydrogen-bond donors (Lipinski definition) is 2. The van der Waals surface area contributed by atoms with Crippen molar-refractivity contribution in [1.82, 2.24) is 4.90 Å². The molecule has 31 heavy (non-hydrogen) atoms. The fraction of sp³-hybridized carbons (Fsp3) is 0.769. The second-order valence-electron chi connectivity index (χ2n) is 10.2. The van der Waals surface area contributed by atoms with Crippen molar-refractivity contribution in [3.63, 3.8) is 0 Å². The molecule has 5 heteroatoms. The second-order valence-corrected chi connectivity index (χ2v) is 10.2. The Morgan fingerprint density at radius 3 is 2.29 bits per heavy atom. The lowest BCUT2D eigenvalue weighted by Crippen LogP contribution is -2.52. The summed E-state index contributed by atoms with van der Waals surface area (Å²) in [6.45, 7) is 12.7. The first-order chi connectivity index (χ1) is 14.7. The van der Waals surface area contributed by atoms with Gasteiger partial charge in [0, 0.05) is 32.7 Å². The maximum Gasteiger partial charge on any atom is 0.142 e. The topological polar surface area (TPSA) is 56.2 Å². The van der Waals surface area contributed by atoms with E-state index in [1.165, 1.54) is 19.3 Å². The minimum Gasteiger partial charge on any atom is -0.495 e. The zero-order chi connectivity index (χ0) is 22.9. The first-order valence-corrected chi connectivity index (χ1v) is 12.2. The summed E-state index contributed by atoms with van der Waals surface area (Å²) in [6.07, 6.45) is 5.88. The summed E-state index contributed by atoms with van der Waals surface area (Å²) in [5.41, 5.74) is 0.0944. The first kappa shape index (κ1) is 26.0. The molecule has 1 saturated heterocycles. The molecule has 178 valence electrons. The molecule has 1 heterocycles. The molecular weight excluding hydrogens is 388 g/mol. The number of aliphatic hydroxyl groups excluding tert-OH is 1. The van der Waals surface area contributed by atoms with Crippen molar-refractivity contribution in [2.45, 2.75) is 77.9 Å². The smallest absolute Gasteiger partial charge is 0.142 e. The number of rotatable bonds is 13. The number of nitrogens with zero attached hydrogens (tertiary/aromatic N) is 2. The molecule has 1 aliphatic heterocycles. The van der Waals surface area contributed by atoms with Crippen LogP contribution in [0.3, 0.4) is 0 Å². The number of benzene rings is 1. The van der Waals surface area contributed by atoms with Crippen LogP contribution in [0.5, 0.6) is 5.75 Å². The van der Waals surface area contributed by atoms with Crippen LogP contribution in [-0.2, 0) is 0 Å². The molecule has 3 atom stereocenters. The van der Waals surface area contributed by atoms with Crippen LogP contribution in [0, 0.1) is 11.8 Å². The number of anilines is 1.